The third-order valence-electron chi connectivity index (χ3n) is 2.24. The molecule has 0 aromatic heterocycles. The number of benzene rings is 1. The van der Waals surface area contributed by atoms with E-state index >= 15 is 0 Å². The number of carbonyl (C=O) groups excluding carboxylic acids is 1. The van der Waals surface area contributed by atoms with Gasteiger partial charge in [0.25, 0.3) is 0 Å². The lowest BCUT2D eigenvalue weighted by Crippen LogP contribution is -2.31. The summed E-state index contributed by atoms with van der Waals surface area (Å²) in [6.07, 6.45) is 0.363. The molecule has 94 valence electrons. The number of nitrogens with two attached hydrogens (primary N) is 1. The second-order valence-electron chi connectivity index (χ2n) is 4.35. The number of rotatable bonds is 5. The Hall–Kier alpha value is -1.71. The Morgan fingerprint density at radius 3 is 2.76 bits per heavy atom. The fourth-order valence-electron chi connectivity index (χ4n) is 1.48. The van der Waals surface area contributed by atoms with Crippen molar-refractivity contribution in [2.24, 2.45) is 0 Å². The maximum atomic E-state index is 11.4. The lowest BCUT2D eigenvalue weighted by atomic mass is 10.2. The van der Waals surface area contributed by atoms with Gasteiger partial charge >= 0.3 is 0 Å². The number of amides is 1. The number of hydrogen-bond donors (Lipinski definition) is 2. The number of nitrogens with one attached hydrogen (secondary N) is 1. The minimum Gasteiger partial charge on any atom is -0.493 e. The third-order valence-corrected chi connectivity index (χ3v) is 2.24. The smallest absolute Gasteiger partial charge is 0.223 e. The van der Waals surface area contributed by atoms with Crippen molar-refractivity contribution in [1.29, 1.82) is 0 Å². The van der Waals surface area contributed by atoms with Crippen LogP contribution in [-0.2, 0) is 4.79 Å². The zero-order valence-corrected chi connectivity index (χ0v) is 10.6. The zero-order chi connectivity index (χ0) is 12.8. The Balaban J connectivity index is 2.38. The van der Waals surface area contributed by atoms with Crippen molar-refractivity contribution in [1.82, 2.24) is 5.32 Å². The third kappa shape index (κ3) is 4.76. The average molecular weight is 236 g/mol. The second-order valence-corrected chi connectivity index (χ2v) is 4.35. The first-order valence-electron chi connectivity index (χ1n) is 5.77. The number of carbonyl (C=O) groups is 1. The molecule has 0 aliphatic heterocycles. The van der Waals surface area contributed by atoms with Crippen LogP contribution in [-0.4, -0.2) is 18.6 Å². The van der Waals surface area contributed by atoms with Crippen molar-refractivity contribution in [3.05, 3.63) is 23.8 Å². The highest BCUT2D eigenvalue weighted by Gasteiger charge is 2.04. The molecular formula is C13H20N2O2. The van der Waals surface area contributed by atoms with Gasteiger partial charge in [0.2, 0.25) is 5.91 Å². The predicted molar refractivity (Wildman–Crippen MR) is 69.0 cm³/mol. The Morgan fingerprint density at radius 2 is 2.18 bits per heavy atom. The van der Waals surface area contributed by atoms with Gasteiger partial charge in [-0.25, -0.2) is 0 Å². The Morgan fingerprint density at radius 1 is 1.47 bits per heavy atom. The maximum absolute atomic E-state index is 11.4. The van der Waals surface area contributed by atoms with E-state index in [1.165, 1.54) is 0 Å². The highest BCUT2D eigenvalue weighted by atomic mass is 16.5. The largest absolute Gasteiger partial charge is 0.493 e. The topological polar surface area (TPSA) is 64.3 Å². The number of anilines is 1. The number of hydrogen-bond acceptors (Lipinski definition) is 3. The van der Waals surface area contributed by atoms with Crippen LogP contribution in [0.1, 0.15) is 25.8 Å². The molecule has 0 bridgehead atoms. The van der Waals surface area contributed by atoms with E-state index in [9.17, 15) is 4.79 Å². The molecule has 0 aliphatic carbocycles. The normalized spacial score (nSPS) is 10.4. The van der Waals surface area contributed by atoms with Crippen LogP contribution in [0.25, 0.3) is 0 Å². The minimum absolute atomic E-state index is 0.00750. The van der Waals surface area contributed by atoms with E-state index in [4.69, 9.17) is 10.5 Å². The fourth-order valence-corrected chi connectivity index (χ4v) is 1.48. The van der Waals surface area contributed by atoms with Gasteiger partial charge in [0.15, 0.2) is 0 Å². The van der Waals surface area contributed by atoms with Gasteiger partial charge < -0.3 is 15.8 Å². The summed E-state index contributed by atoms with van der Waals surface area (Å²) in [5.41, 5.74) is 7.34. The Labute approximate surface area is 102 Å². The molecule has 4 nitrogen and oxygen atoms in total. The van der Waals surface area contributed by atoms with E-state index < -0.39 is 0 Å². The maximum Gasteiger partial charge on any atom is 0.223 e. The van der Waals surface area contributed by atoms with E-state index in [2.05, 4.69) is 5.32 Å². The highest BCUT2D eigenvalue weighted by molar-refractivity contribution is 5.76. The summed E-state index contributed by atoms with van der Waals surface area (Å²) in [5, 5.41) is 2.81. The summed E-state index contributed by atoms with van der Waals surface area (Å²) in [4.78, 5) is 11.4. The number of ether oxygens (including phenoxy) is 1. The number of aryl methyl sites for hydroxylation is 1. The van der Waals surface area contributed by atoms with Gasteiger partial charge in [0.05, 0.1) is 13.0 Å². The summed E-state index contributed by atoms with van der Waals surface area (Å²) >= 11 is 0. The summed E-state index contributed by atoms with van der Waals surface area (Å²) in [6.45, 7) is 6.18. The SMILES string of the molecule is Cc1cc(N)ccc1OCCC(=O)NC(C)C. The summed E-state index contributed by atoms with van der Waals surface area (Å²) in [5.74, 6) is 0.782. The van der Waals surface area contributed by atoms with E-state index in [0.29, 0.717) is 18.7 Å². The summed E-state index contributed by atoms with van der Waals surface area (Å²) in [7, 11) is 0. The van der Waals surface area contributed by atoms with Crippen molar-refractivity contribution in [3.63, 3.8) is 0 Å². The molecular weight excluding hydrogens is 216 g/mol. The van der Waals surface area contributed by atoms with Crippen LogP contribution in [0.2, 0.25) is 0 Å². The van der Waals surface area contributed by atoms with Gasteiger partial charge in [0, 0.05) is 11.7 Å². The van der Waals surface area contributed by atoms with Crippen molar-refractivity contribution >= 4 is 11.6 Å². The second kappa shape index (κ2) is 6.13. The Bertz CT molecular complexity index is 389. The van der Waals surface area contributed by atoms with Crippen molar-refractivity contribution in [2.75, 3.05) is 12.3 Å². The van der Waals surface area contributed by atoms with Gasteiger partial charge in [-0.15, -0.1) is 0 Å². The van der Waals surface area contributed by atoms with Gasteiger partial charge in [0.1, 0.15) is 5.75 Å². The van der Waals surface area contributed by atoms with Crippen LogP contribution in [0.4, 0.5) is 5.69 Å². The molecule has 0 radical (unpaired) electrons. The van der Waals surface area contributed by atoms with E-state index in [1.807, 2.05) is 32.9 Å². The average Bonchev–Trinajstić information content (AvgIpc) is 2.20. The molecule has 4 heteroatoms. The summed E-state index contributed by atoms with van der Waals surface area (Å²) < 4.78 is 5.53. The Kier molecular flexibility index (Phi) is 4.82. The van der Waals surface area contributed by atoms with E-state index in [-0.39, 0.29) is 11.9 Å². The molecule has 1 aromatic rings. The minimum atomic E-state index is 0.00750. The molecule has 0 atom stereocenters. The van der Waals surface area contributed by atoms with Gasteiger partial charge in [-0.05, 0) is 44.5 Å². The molecule has 1 rings (SSSR count). The quantitative estimate of drug-likeness (QED) is 0.767. The molecule has 1 aromatic carbocycles. The highest BCUT2D eigenvalue weighted by Crippen LogP contribution is 2.20. The van der Waals surface area contributed by atoms with Crippen LogP contribution in [0.5, 0.6) is 5.75 Å². The fraction of sp³-hybridized carbons (Fsp3) is 0.462. The van der Waals surface area contributed by atoms with Crippen LogP contribution in [0.15, 0.2) is 18.2 Å². The van der Waals surface area contributed by atoms with Crippen molar-refractivity contribution < 1.29 is 9.53 Å². The molecule has 0 heterocycles. The predicted octanol–water partition coefficient (Wildman–Crippen LogP) is 1.87. The number of nitrogen functional groups attached to an aromatic ring is 1. The molecule has 0 fully saturated rings. The lowest BCUT2D eigenvalue weighted by molar-refractivity contribution is -0.122. The van der Waals surface area contributed by atoms with Gasteiger partial charge in [-0.1, -0.05) is 0 Å². The monoisotopic (exact) mass is 236 g/mol. The first-order valence-corrected chi connectivity index (χ1v) is 5.77. The summed E-state index contributed by atoms with van der Waals surface area (Å²) in [6, 6.07) is 5.63. The van der Waals surface area contributed by atoms with Crippen LogP contribution in [0.3, 0.4) is 0 Å². The van der Waals surface area contributed by atoms with Gasteiger partial charge in [-0.2, -0.15) is 0 Å². The van der Waals surface area contributed by atoms with Crippen LogP contribution < -0.4 is 15.8 Å². The molecule has 0 aliphatic rings. The molecule has 0 unspecified atom stereocenters. The standard InChI is InChI=1S/C13H20N2O2/c1-9(2)15-13(16)6-7-17-12-5-4-11(14)8-10(12)3/h4-5,8-9H,6-7,14H2,1-3H3,(H,15,16). The first kappa shape index (κ1) is 13.4. The lowest BCUT2D eigenvalue weighted by Gasteiger charge is -2.11. The first-order chi connectivity index (χ1) is 7.99. The van der Waals surface area contributed by atoms with E-state index in [0.717, 1.165) is 11.3 Å². The molecule has 3 N–H and O–H groups in total. The molecule has 1 amide bonds. The van der Waals surface area contributed by atoms with Crippen LogP contribution in [0, 0.1) is 6.92 Å². The van der Waals surface area contributed by atoms with Crippen molar-refractivity contribution in [3.8, 4) is 5.75 Å². The molecule has 17 heavy (non-hydrogen) atoms. The van der Waals surface area contributed by atoms with Crippen LogP contribution >= 0.6 is 0 Å². The van der Waals surface area contributed by atoms with Crippen molar-refractivity contribution in [2.45, 2.75) is 33.2 Å². The molecule has 0 saturated carbocycles. The zero-order valence-electron chi connectivity index (χ0n) is 10.6. The molecule has 0 saturated heterocycles. The van der Waals surface area contributed by atoms with Gasteiger partial charge in [-0.3, -0.25) is 4.79 Å². The molecule has 0 spiro atoms. The van der Waals surface area contributed by atoms with E-state index in [1.54, 1.807) is 6.07 Å².